The second kappa shape index (κ2) is 4.67. The Hall–Kier alpha value is -1.02. The third-order valence-corrected chi connectivity index (χ3v) is 2.77. The van der Waals surface area contributed by atoms with Crippen LogP contribution in [-0.4, -0.2) is 11.1 Å². The molecule has 0 radical (unpaired) electrons. The number of phenols is 1. The first-order valence-electron chi connectivity index (χ1n) is 5.43. The molecular formula is C13H21NO. The molecule has 0 aromatic heterocycles. The number of hydrogen-bond donors (Lipinski definition) is 2. The topological polar surface area (TPSA) is 46.2 Å². The predicted molar refractivity (Wildman–Crippen MR) is 63.9 cm³/mol. The van der Waals surface area contributed by atoms with Crippen LogP contribution in [-0.2, 0) is 6.42 Å². The highest BCUT2D eigenvalue weighted by atomic mass is 16.3. The molecule has 0 aliphatic carbocycles. The number of hydrogen-bond acceptors (Lipinski definition) is 2. The summed E-state index contributed by atoms with van der Waals surface area (Å²) < 4.78 is 0. The highest BCUT2D eigenvalue weighted by molar-refractivity contribution is 5.27. The largest absolute Gasteiger partial charge is 0.508 e. The van der Waals surface area contributed by atoms with Gasteiger partial charge in [0.25, 0.3) is 0 Å². The molecule has 3 N–H and O–H groups in total. The van der Waals surface area contributed by atoms with Crippen molar-refractivity contribution in [2.24, 2.45) is 11.1 Å². The molecule has 2 nitrogen and oxygen atoms in total. The minimum absolute atomic E-state index is 0.150. The van der Waals surface area contributed by atoms with Crippen LogP contribution < -0.4 is 5.73 Å². The molecule has 0 fully saturated rings. The summed E-state index contributed by atoms with van der Waals surface area (Å²) in [5.74, 6) is 0.330. The highest BCUT2D eigenvalue weighted by Crippen LogP contribution is 2.22. The SMILES string of the molecule is CC(C)(C)C(N)CCc1cccc(O)c1. The van der Waals surface area contributed by atoms with Crippen LogP contribution >= 0.6 is 0 Å². The summed E-state index contributed by atoms with van der Waals surface area (Å²) in [6.45, 7) is 6.46. The molecule has 1 atom stereocenters. The number of benzene rings is 1. The summed E-state index contributed by atoms with van der Waals surface area (Å²) in [7, 11) is 0. The Morgan fingerprint density at radius 2 is 2.00 bits per heavy atom. The second-order valence-corrected chi connectivity index (χ2v) is 5.18. The maximum atomic E-state index is 9.31. The molecule has 0 spiro atoms. The van der Waals surface area contributed by atoms with E-state index in [0.29, 0.717) is 5.75 Å². The van der Waals surface area contributed by atoms with Gasteiger partial charge in [-0.3, -0.25) is 0 Å². The molecule has 2 heteroatoms. The van der Waals surface area contributed by atoms with E-state index in [1.54, 1.807) is 12.1 Å². The third-order valence-electron chi connectivity index (χ3n) is 2.77. The lowest BCUT2D eigenvalue weighted by molar-refractivity contribution is 0.306. The summed E-state index contributed by atoms with van der Waals surface area (Å²) in [6, 6.07) is 7.57. The summed E-state index contributed by atoms with van der Waals surface area (Å²) in [4.78, 5) is 0. The van der Waals surface area contributed by atoms with E-state index in [1.807, 2.05) is 12.1 Å². The third kappa shape index (κ3) is 3.92. The van der Waals surface area contributed by atoms with Crippen molar-refractivity contribution in [3.8, 4) is 5.75 Å². The van der Waals surface area contributed by atoms with Crippen LogP contribution in [0, 0.1) is 5.41 Å². The van der Waals surface area contributed by atoms with Crippen LogP contribution in [0.3, 0.4) is 0 Å². The monoisotopic (exact) mass is 207 g/mol. The average molecular weight is 207 g/mol. The van der Waals surface area contributed by atoms with Gasteiger partial charge in [0.05, 0.1) is 0 Å². The van der Waals surface area contributed by atoms with E-state index in [1.165, 1.54) is 0 Å². The van der Waals surface area contributed by atoms with Gasteiger partial charge in [-0.1, -0.05) is 32.9 Å². The predicted octanol–water partition coefficient (Wildman–Crippen LogP) is 2.70. The molecule has 0 bridgehead atoms. The molecule has 0 saturated carbocycles. The summed E-state index contributed by atoms with van der Waals surface area (Å²) >= 11 is 0. The van der Waals surface area contributed by atoms with Crippen LogP contribution in [0.15, 0.2) is 24.3 Å². The molecule has 1 unspecified atom stereocenters. The van der Waals surface area contributed by atoms with E-state index in [0.717, 1.165) is 18.4 Å². The number of rotatable bonds is 3. The van der Waals surface area contributed by atoms with Gasteiger partial charge in [0.2, 0.25) is 0 Å². The smallest absolute Gasteiger partial charge is 0.115 e. The normalized spacial score (nSPS) is 13.9. The molecule has 0 aliphatic rings. The van der Waals surface area contributed by atoms with Gasteiger partial charge in [0.15, 0.2) is 0 Å². The van der Waals surface area contributed by atoms with Crippen molar-refractivity contribution < 1.29 is 5.11 Å². The number of aromatic hydroxyl groups is 1. The first-order valence-corrected chi connectivity index (χ1v) is 5.43. The lowest BCUT2D eigenvalue weighted by atomic mass is 9.84. The average Bonchev–Trinajstić information content (AvgIpc) is 2.12. The number of aryl methyl sites for hydroxylation is 1. The van der Waals surface area contributed by atoms with E-state index in [-0.39, 0.29) is 11.5 Å². The minimum atomic E-state index is 0.150. The van der Waals surface area contributed by atoms with Crippen LogP contribution in [0.2, 0.25) is 0 Å². The molecule has 1 aromatic carbocycles. The standard InChI is InChI=1S/C13H21NO/c1-13(2,3)12(14)8-7-10-5-4-6-11(15)9-10/h4-6,9,12,15H,7-8,14H2,1-3H3. The van der Waals surface area contributed by atoms with Crippen molar-refractivity contribution in [3.63, 3.8) is 0 Å². The van der Waals surface area contributed by atoms with Crippen molar-refractivity contribution in [3.05, 3.63) is 29.8 Å². The molecule has 0 aliphatic heterocycles. The van der Waals surface area contributed by atoms with Crippen molar-refractivity contribution in [2.45, 2.75) is 39.7 Å². The van der Waals surface area contributed by atoms with Gasteiger partial charge >= 0.3 is 0 Å². The van der Waals surface area contributed by atoms with E-state index in [4.69, 9.17) is 5.73 Å². The van der Waals surface area contributed by atoms with E-state index in [9.17, 15) is 5.11 Å². The van der Waals surface area contributed by atoms with Crippen LogP contribution in [0.1, 0.15) is 32.8 Å². The summed E-state index contributed by atoms with van der Waals surface area (Å²) in [5.41, 5.74) is 7.37. The Morgan fingerprint density at radius 3 is 2.53 bits per heavy atom. The van der Waals surface area contributed by atoms with Crippen LogP contribution in [0.25, 0.3) is 0 Å². The molecule has 15 heavy (non-hydrogen) atoms. The molecule has 1 aromatic rings. The van der Waals surface area contributed by atoms with E-state index in [2.05, 4.69) is 20.8 Å². The fourth-order valence-electron chi connectivity index (χ4n) is 1.47. The Balaban J connectivity index is 2.51. The molecule has 0 saturated heterocycles. The summed E-state index contributed by atoms with van der Waals surface area (Å²) in [6.07, 6.45) is 1.87. The lowest BCUT2D eigenvalue weighted by Gasteiger charge is -2.27. The van der Waals surface area contributed by atoms with Gasteiger partial charge in [-0.15, -0.1) is 0 Å². The van der Waals surface area contributed by atoms with Crippen molar-refractivity contribution in [1.82, 2.24) is 0 Å². The van der Waals surface area contributed by atoms with Gasteiger partial charge in [-0.25, -0.2) is 0 Å². The first-order chi connectivity index (χ1) is 6.89. The van der Waals surface area contributed by atoms with Gasteiger partial charge in [-0.2, -0.15) is 0 Å². The quantitative estimate of drug-likeness (QED) is 0.800. The Labute approximate surface area is 92.1 Å². The zero-order chi connectivity index (χ0) is 11.5. The number of nitrogens with two attached hydrogens (primary N) is 1. The van der Waals surface area contributed by atoms with Crippen LogP contribution in [0.5, 0.6) is 5.75 Å². The minimum Gasteiger partial charge on any atom is -0.508 e. The van der Waals surface area contributed by atoms with E-state index >= 15 is 0 Å². The second-order valence-electron chi connectivity index (χ2n) is 5.18. The number of phenolic OH excluding ortho intramolecular Hbond substituents is 1. The van der Waals surface area contributed by atoms with Gasteiger partial charge in [-0.05, 0) is 36.0 Å². The molecular weight excluding hydrogens is 186 g/mol. The molecule has 0 heterocycles. The van der Waals surface area contributed by atoms with Gasteiger partial charge in [0, 0.05) is 6.04 Å². The molecule has 0 amide bonds. The summed E-state index contributed by atoms with van der Waals surface area (Å²) in [5, 5.41) is 9.31. The Kier molecular flexibility index (Phi) is 3.75. The van der Waals surface area contributed by atoms with Gasteiger partial charge < -0.3 is 10.8 Å². The fraction of sp³-hybridized carbons (Fsp3) is 0.538. The van der Waals surface area contributed by atoms with Crippen molar-refractivity contribution >= 4 is 0 Å². The van der Waals surface area contributed by atoms with Crippen molar-refractivity contribution in [1.29, 1.82) is 0 Å². The zero-order valence-corrected chi connectivity index (χ0v) is 9.83. The molecule has 84 valence electrons. The van der Waals surface area contributed by atoms with Gasteiger partial charge in [0.1, 0.15) is 5.75 Å². The first kappa shape index (κ1) is 12.1. The Morgan fingerprint density at radius 1 is 1.33 bits per heavy atom. The maximum absolute atomic E-state index is 9.31. The lowest BCUT2D eigenvalue weighted by Crippen LogP contribution is -2.35. The highest BCUT2D eigenvalue weighted by Gasteiger charge is 2.19. The maximum Gasteiger partial charge on any atom is 0.115 e. The van der Waals surface area contributed by atoms with Crippen molar-refractivity contribution in [2.75, 3.05) is 0 Å². The molecule has 1 rings (SSSR count). The van der Waals surface area contributed by atoms with Crippen LogP contribution in [0.4, 0.5) is 0 Å². The Bertz CT molecular complexity index is 315. The zero-order valence-electron chi connectivity index (χ0n) is 9.83. The fourth-order valence-corrected chi connectivity index (χ4v) is 1.47. The van der Waals surface area contributed by atoms with E-state index < -0.39 is 0 Å².